The Labute approximate surface area is 194 Å². The highest BCUT2D eigenvalue weighted by Crippen LogP contribution is 2.27. The summed E-state index contributed by atoms with van der Waals surface area (Å²) in [6.07, 6.45) is 0.971. The minimum Gasteiger partial charge on any atom is -0.497 e. The van der Waals surface area contributed by atoms with Gasteiger partial charge in [-0.3, -0.25) is 4.90 Å². The highest BCUT2D eigenvalue weighted by atomic mass is 79.9. The van der Waals surface area contributed by atoms with Gasteiger partial charge in [-0.15, -0.1) is 21.5 Å². The zero-order valence-electron chi connectivity index (χ0n) is 17.5. The summed E-state index contributed by atoms with van der Waals surface area (Å²) in [5, 5.41) is 10.7. The molecular formula is C24H24BrN3O2S. The van der Waals surface area contributed by atoms with Crippen molar-refractivity contribution >= 4 is 27.3 Å². The van der Waals surface area contributed by atoms with E-state index < -0.39 is 0 Å². The van der Waals surface area contributed by atoms with E-state index in [0.717, 1.165) is 28.8 Å². The molecule has 0 unspecified atom stereocenters. The van der Waals surface area contributed by atoms with Crippen LogP contribution in [0.15, 0.2) is 74.9 Å². The molecule has 7 heteroatoms. The second-order valence-electron chi connectivity index (χ2n) is 7.37. The summed E-state index contributed by atoms with van der Waals surface area (Å²) in [7, 11) is 1.68. The molecule has 0 saturated carbocycles. The Morgan fingerprint density at radius 1 is 1.03 bits per heavy atom. The van der Waals surface area contributed by atoms with Crippen LogP contribution >= 0.6 is 27.3 Å². The lowest BCUT2D eigenvalue weighted by molar-refractivity contribution is 0.172. The first kappa shape index (κ1) is 21.7. The van der Waals surface area contributed by atoms with Crippen molar-refractivity contribution in [1.82, 2.24) is 15.1 Å². The standard InChI is InChI=1S/C24H24BrN3O2S/c1-17(14-20-6-5-13-31-20)28(15-18-9-11-19(29-2)12-10-18)16-23-26-27-24(30-23)21-7-3-4-8-22(21)25/h3-13,17H,14-16H2,1-2H3/t17-/m1/s1. The molecule has 1 atom stereocenters. The molecule has 0 fully saturated rings. The minimum atomic E-state index is 0.305. The molecule has 160 valence electrons. The molecule has 0 aliphatic heterocycles. The molecule has 2 aromatic carbocycles. The molecule has 4 rings (SSSR count). The number of ether oxygens (including phenoxy) is 1. The van der Waals surface area contributed by atoms with Crippen molar-refractivity contribution in [2.24, 2.45) is 0 Å². The van der Waals surface area contributed by atoms with Crippen molar-refractivity contribution in [3.8, 4) is 17.2 Å². The average molecular weight is 498 g/mol. The number of benzene rings is 2. The van der Waals surface area contributed by atoms with Crippen LogP contribution in [0.5, 0.6) is 5.75 Å². The molecule has 31 heavy (non-hydrogen) atoms. The van der Waals surface area contributed by atoms with Gasteiger partial charge >= 0.3 is 0 Å². The topological polar surface area (TPSA) is 51.4 Å². The van der Waals surface area contributed by atoms with Crippen molar-refractivity contribution in [1.29, 1.82) is 0 Å². The van der Waals surface area contributed by atoms with Crippen molar-refractivity contribution in [2.45, 2.75) is 32.5 Å². The van der Waals surface area contributed by atoms with Crippen LogP contribution in [0.2, 0.25) is 0 Å². The Bertz CT molecular complexity index is 1100. The van der Waals surface area contributed by atoms with Crippen molar-refractivity contribution in [3.63, 3.8) is 0 Å². The van der Waals surface area contributed by atoms with Crippen LogP contribution in [0.4, 0.5) is 0 Å². The maximum Gasteiger partial charge on any atom is 0.248 e. The first-order valence-corrected chi connectivity index (χ1v) is 11.8. The maximum absolute atomic E-state index is 6.03. The second kappa shape index (κ2) is 10.2. The van der Waals surface area contributed by atoms with Gasteiger partial charge in [0.25, 0.3) is 0 Å². The van der Waals surface area contributed by atoms with Crippen LogP contribution in [-0.4, -0.2) is 28.2 Å². The van der Waals surface area contributed by atoms with Crippen molar-refractivity contribution in [2.75, 3.05) is 7.11 Å². The summed E-state index contributed by atoms with van der Waals surface area (Å²) in [6.45, 7) is 3.60. The minimum absolute atomic E-state index is 0.305. The molecule has 2 heterocycles. The van der Waals surface area contributed by atoms with Gasteiger partial charge in [0.15, 0.2) is 0 Å². The summed E-state index contributed by atoms with van der Waals surface area (Å²) in [4.78, 5) is 3.74. The van der Waals surface area contributed by atoms with Gasteiger partial charge in [0.05, 0.1) is 19.2 Å². The molecule has 0 bridgehead atoms. The summed E-state index contributed by atoms with van der Waals surface area (Å²) < 4.78 is 12.3. The fourth-order valence-corrected chi connectivity index (χ4v) is 4.70. The number of nitrogens with zero attached hydrogens (tertiary/aromatic N) is 3. The van der Waals surface area contributed by atoms with E-state index in [-0.39, 0.29) is 0 Å². The zero-order chi connectivity index (χ0) is 21.6. The fourth-order valence-electron chi connectivity index (χ4n) is 3.42. The van der Waals surface area contributed by atoms with E-state index in [9.17, 15) is 0 Å². The van der Waals surface area contributed by atoms with Crippen LogP contribution in [0.1, 0.15) is 23.3 Å². The summed E-state index contributed by atoms with van der Waals surface area (Å²) in [6, 6.07) is 20.6. The Morgan fingerprint density at radius 3 is 2.55 bits per heavy atom. The number of halogens is 1. The highest BCUT2D eigenvalue weighted by Gasteiger charge is 2.20. The number of thiophene rings is 1. The number of aromatic nitrogens is 2. The number of hydrogen-bond donors (Lipinski definition) is 0. The second-order valence-corrected chi connectivity index (χ2v) is 9.25. The summed E-state index contributed by atoms with van der Waals surface area (Å²) in [5.41, 5.74) is 2.11. The Morgan fingerprint density at radius 2 is 1.84 bits per heavy atom. The highest BCUT2D eigenvalue weighted by molar-refractivity contribution is 9.10. The average Bonchev–Trinajstić information content (AvgIpc) is 3.46. The number of hydrogen-bond acceptors (Lipinski definition) is 6. The molecular weight excluding hydrogens is 474 g/mol. The van der Waals surface area contributed by atoms with Crippen LogP contribution in [0, 0.1) is 0 Å². The quantitative estimate of drug-likeness (QED) is 0.275. The Hall–Kier alpha value is -2.48. The van der Waals surface area contributed by atoms with Crippen molar-refractivity contribution < 1.29 is 9.15 Å². The molecule has 4 aromatic rings. The van der Waals surface area contributed by atoms with E-state index in [1.807, 2.05) is 36.4 Å². The molecule has 0 spiro atoms. The SMILES string of the molecule is COc1ccc(CN(Cc2nnc(-c3ccccc3Br)o2)[C@H](C)Cc2cccs2)cc1. The third-order valence-corrected chi connectivity index (χ3v) is 6.74. The fraction of sp³-hybridized carbons (Fsp3) is 0.250. The third-order valence-electron chi connectivity index (χ3n) is 5.15. The van der Waals surface area contributed by atoms with Gasteiger partial charge in [0, 0.05) is 21.9 Å². The zero-order valence-corrected chi connectivity index (χ0v) is 19.9. The molecule has 0 aliphatic rings. The van der Waals surface area contributed by atoms with E-state index >= 15 is 0 Å². The molecule has 0 amide bonds. The lowest BCUT2D eigenvalue weighted by atomic mass is 10.1. The van der Waals surface area contributed by atoms with Crippen molar-refractivity contribution in [3.05, 3.63) is 86.8 Å². The molecule has 0 radical (unpaired) electrons. The van der Waals surface area contributed by atoms with E-state index in [2.05, 4.69) is 67.6 Å². The first-order chi connectivity index (χ1) is 15.1. The smallest absolute Gasteiger partial charge is 0.248 e. The maximum atomic E-state index is 6.03. The van der Waals surface area contributed by atoms with Gasteiger partial charge in [0.2, 0.25) is 11.8 Å². The largest absolute Gasteiger partial charge is 0.497 e. The number of rotatable bonds is 9. The lowest BCUT2D eigenvalue weighted by Gasteiger charge is -2.27. The van der Waals surface area contributed by atoms with Gasteiger partial charge in [-0.1, -0.05) is 30.3 Å². The predicted octanol–water partition coefficient (Wildman–Crippen LogP) is 6.20. The first-order valence-electron chi connectivity index (χ1n) is 10.1. The lowest BCUT2D eigenvalue weighted by Crippen LogP contribution is -2.33. The van der Waals surface area contributed by atoms with E-state index in [1.54, 1.807) is 18.4 Å². The predicted molar refractivity (Wildman–Crippen MR) is 127 cm³/mol. The Balaban J connectivity index is 1.54. The molecule has 2 aromatic heterocycles. The summed E-state index contributed by atoms with van der Waals surface area (Å²) in [5.74, 6) is 1.99. The molecule has 0 saturated heterocycles. The van der Waals surface area contributed by atoms with Gasteiger partial charge in [-0.2, -0.15) is 0 Å². The van der Waals surface area contributed by atoms with Gasteiger partial charge in [-0.25, -0.2) is 0 Å². The summed E-state index contributed by atoms with van der Waals surface area (Å²) >= 11 is 5.35. The monoisotopic (exact) mass is 497 g/mol. The van der Waals surface area contributed by atoms with Gasteiger partial charge < -0.3 is 9.15 Å². The Kier molecular flexibility index (Phi) is 7.17. The van der Waals surface area contributed by atoms with Gasteiger partial charge in [0.1, 0.15) is 5.75 Å². The molecule has 5 nitrogen and oxygen atoms in total. The van der Waals surface area contributed by atoms with Crippen LogP contribution in [0.25, 0.3) is 11.5 Å². The van der Waals surface area contributed by atoms with E-state index in [0.29, 0.717) is 24.4 Å². The normalized spacial score (nSPS) is 12.3. The van der Waals surface area contributed by atoms with E-state index in [1.165, 1.54) is 10.4 Å². The number of methoxy groups -OCH3 is 1. The van der Waals surface area contributed by atoms with Crippen LogP contribution in [0.3, 0.4) is 0 Å². The van der Waals surface area contributed by atoms with Crippen LogP contribution < -0.4 is 4.74 Å². The third kappa shape index (κ3) is 5.61. The molecule has 0 aliphatic carbocycles. The molecule has 0 N–H and O–H groups in total. The van der Waals surface area contributed by atoms with E-state index in [4.69, 9.17) is 9.15 Å². The van der Waals surface area contributed by atoms with Gasteiger partial charge in [-0.05, 0) is 70.5 Å². The van der Waals surface area contributed by atoms with Crippen LogP contribution in [-0.2, 0) is 19.5 Å².